The number of hydrogen-bond donors (Lipinski definition) is 2. The summed E-state index contributed by atoms with van der Waals surface area (Å²) < 4.78 is 10.6. The van der Waals surface area contributed by atoms with Crippen LogP contribution in [0.15, 0.2) is 30.3 Å². The molecule has 2 N–H and O–H groups in total. The highest BCUT2D eigenvalue weighted by Crippen LogP contribution is 2.31. The minimum Gasteiger partial charge on any atom is -0.495 e. The van der Waals surface area contributed by atoms with Crippen LogP contribution >= 0.6 is 11.6 Å². The Hall–Kier alpha value is -2.40. The van der Waals surface area contributed by atoms with E-state index in [1.807, 2.05) is 38.1 Å². The molecule has 0 bridgehead atoms. The third kappa shape index (κ3) is 4.57. The van der Waals surface area contributed by atoms with Crippen molar-refractivity contribution in [1.29, 1.82) is 0 Å². The van der Waals surface area contributed by atoms with Crippen molar-refractivity contribution < 1.29 is 14.3 Å². The van der Waals surface area contributed by atoms with Gasteiger partial charge in [0.05, 0.1) is 25.6 Å². The lowest BCUT2D eigenvalue weighted by molar-refractivity contribution is -0.116. The summed E-state index contributed by atoms with van der Waals surface area (Å²) in [6.07, 6.45) is 0. The molecule has 0 saturated heterocycles. The van der Waals surface area contributed by atoms with Gasteiger partial charge in [-0.15, -0.1) is 0 Å². The van der Waals surface area contributed by atoms with Crippen molar-refractivity contribution in [1.82, 2.24) is 0 Å². The molecular formula is C19H23ClN2O3. The molecule has 0 aliphatic rings. The molecule has 2 rings (SSSR count). The van der Waals surface area contributed by atoms with Gasteiger partial charge >= 0.3 is 0 Å². The van der Waals surface area contributed by atoms with E-state index in [0.717, 1.165) is 11.1 Å². The molecule has 0 radical (unpaired) electrons. The van der Waals surface area contributed by atoms with E-state index in [9.17, 15) is 4.79 Å². The smallest absolute Gasteiger partial charge is 0.246 e. The van der Waals surface area contributed by atoms with Crippen LogP contribution in [-0.4, -0.2) is 26.2 Å². The second-order valence-corrected chi connectivity index (χ2v) is 6.27. The van der Waals surface area contributed by atoms with Crippen LogP contribution in [0, 0.1) is 13.8 Å². The zero-order valence-corrected chi connectivity index (χ0v) is 15.8. The van der Waals surface area contributed by atoms with E-state index in [2.05, 4.69) is 10.6 Å². The molecule has 2 aromatic rings. The number of amides is 1. The topological polar surface area (TPSA) is 59.6 Å². The van der Waals surface area contributed by atoms with Crippen LogP contribution in [0.2, 0.25) is 5.02 Å². The first kappa shape index (κ1) is 18.9. The number of nitrogens with one attached hydrogen (secondary N) is 2. The second-order valence-electron chi connectivity index (χ2n) is 5.86. The molecule has 2 aromatic carbocycles. The molecule has 1 unspecified atom stereocenters. The maximum atomic E-state index is 12.6. The molecular weight excluding hydrogens is 340 g/mol. The highest BCUT2D eigenvalue weighted by atomic mass is 35.5. The van der Waals surface area contributed by atoms with Crippen LogP contribution in [0.3, 0.4) is 0 Å². The second kappa shape index (κ2) is 8.12. The lowest BCUT2D eigenvalue weighted by Gasteiger charge is -2.19. The van der Waals surface area contributed by atoms with Crippen molar-refractivity contribution in [2.45, 2.75) is 26.8 Å². The van der Waals surface area contributed by atoms with Crippen molar-refractivity contribution in [3.05, 3.63) is 46.5 Å². The maximum absolute atomic E-state index is 12.6. The van der Waals surface area contributed by atoms with Gasteiger partial charge in [-0.25, -0.2) is 0 Å². The number of methoxy groups -OCH3 is 2. The summed E-state index contributed by atoms with van der Waals surface area (Å²) in [6.45, 7) is 5.63. The van der Waals surface area contributed by atoms with Gasteiger partial charge in [0, 0.05) is 11.1 Å². The lowest BCUT2D eigenvalue weighted by atomic mass is 10.1. The third-order valence-corrected chi connectivity index (χ3v) is 4.27. The molecule has 1 atom stereocenters. The number of carbonyl (C=O) groups excluding carboxylic acids is 1. The summed E-state index contributed by atoms with van der Waals surface area (Å²) in [4.78, 5) is 12.6. The molecule has 0 saturated carbocycles. The number of benzene rings is 2. The van der Waals surface area contributed by atoms with E-state index in [1.54, 1.807) is 27.2 Å². The zero-order chi connectivity index (χ0) is 18.6. The van der Waals surface area contributed by atoms with Crippen LogP contribution in [0.25, 0.3) is 0 Å². The van der Waals surface area contributed by atoms with Gasteiger partial charge in [0.2, 0.25) is 5.91 Å². The minimum atomic E-state index is -0.486. The number of rotatable bonds is 6. The molecule has 25 heavy (non-hydrogen) atoms. The average Bonchev–Trinajstić information content (AvgIpc) is 2.58. The van der Waals surface area contributed by atoms with E-state index in [-0.39, 0.29) is 5.91 Å². The molecule has 0 aliphatic carbocycles. The Kier molecular flexibility index (Phi) is 6.15. The van der Waals surface area contributed by atoms with Crippen molar-refractivity contribution in [2.75, 3.05) is 24.9 Å². The monoisotopic (exact) mass is 362 g/mol. The highest BCUT2D eigenvalue weighted by Gasteiger charge is 2.17. The number of carbonyl (C=O) groups is 1. The summed E-state index contributed by atoms with van der Waals surface area (Å²) in [6, 6.07) is 8.73. The van der Waals surface area contributed by atoms with E-state index >= 15 is 0 Å². The quantitative estimate of drug-likeness (QED) is 0.798. The molecule has 0 fully saturated rings. The normalized spacial score (nSPS) is 11.6. The Bertz CT molecular complexity index is 778. The molecule has 6 heteroatoms. The molecule has 0 aromatic heterocycles. The SMILES string of the molecule is COc1ccc(C)cc1NC(=O)C(C)Nc1cc(C)c(Cl)cc1OC. The zero-order valence-electron chi connectivity index (χ0n) is 15.1. The van der Waals surface area contributed by atoms with Crippen molar-refractivity contribution in [2.24, 2.45) is 0 Å². The van der Waals surface area contributed by atoms with Gasteiger partial charge in [-0.1, -0.05) is 17.7 Å². The predicted octanol–water partition coefficient (Wildman–Crippen LogP) is 4.41. The van der Waals surface area contributed by atoms with E-state index in [1.165, 1.54) is 0 Å². The summed E-state index contributed by atoms with van der Waals surface area (Å²) in [5.41, 5.74) is 3.29. The summed E-state index contributed by atoms with van der Waals surface area (Å²) >= 11 is 6.12. The summed E-state index contributed by atoms with van der Waals surface area (Å²) in [5.74, 6) is 1.02. The van der Waals surface area contributed by atoms with Crippen molar-refractivity contribution in [3.63, 3.8) is 0 Å². The van der Waals surface area contributed by atoms with E-state index in [0.29, 0.717) is 27.9 Å². The Balaban J connectivity index is 2.16. The third-order valence-electron chi connectivity index (χ3n) is 3.86. The van der Waals surface area contributed by atoms with Crippen LogP contribution < -0.4 is 20.1 Å². The fraction of sp³-hybridized carbons (Fsp3) is 0.316. The Morgan fingerprint density at radius 1 is 1.04 bits per heavy atom. The maximum Gasteiger partial charge on any atom is 0.246 e. The highest BCUT2D eigenvalue weighted by molar-refractivity contribution is 6.31. The molecule has 5 nitrogen and oxygen atoms in total. The molecule has 1 amide bonds. The number of aryl methyl sites for hydroxylation is 2. The average molecular weight is 363 g/mol. The van der Waals surface area contributed by atoms with Gasteiger partial charge in [0.15, 0.2) is 0 Å². The summed E-state index contributed by atoms with van der Waals surface area (Å²) in [5, 5.41) is 6.67. The Morgan fingerprint density at radius 3 is 2.36 bits per heavy atom. The molecule has 134 valence electrons. The molecule has 0 spiro atoms. The van der Waals surface area contributed by atoms with Crippen LogP contribution in [0.4, 0.5) is 11.4 Å². The number of halogens is 1. The van der Waals surface area contributed by atoms with Crippen LogP contribution in [0.5, 0.6) is 11.5 Å². The van der Waals surface area contributed by atoms with Gasteiger partial charge in [-0.2, -0.15) is 0 Å². The first-order valence-electron chi connectivity index (χ1n) is 7.92. The first-order valence-corrected chi connectivity index (χ1v) is 8.29. The Labute approximate surface area is 153 Å². The predicted molar refractivity (Wildman–Crippen MR) is 102 cm³/mol. The lowest BCUT2D eigenvalue weighted by Crippen LogP contribution is -2.32. The number of anilines is 2. The van der Waals surface area contributed by atoms with Gasteiger partial charge in [0.1, 0.15) is 17.5 Å². The van der Waals surface area contributed by atoms with Gasteiger partial charge < -0.3 is 20.1 Å². The fourth-order valence-corrected chi connectivity index (χ4v) is 2.56. The van der Waals surface area contributed by atoms with Gasteiger partial charge in [-0.3, -0.25) is 4.79 Å². The first-order chi connectivity index (χ1) is 11.8. The van der Waals surface area contributed by atoms with Crippen molar-refractivity contribution >= 4 is 28.9 Å². The summed E-state index contributed by atoms with van der Waals surface area (Å²) in [7, 11) is 3.14. The fourth-order valence-electron chi connectivity index (χ4n) is 2.40. The molecule has 0 heterocycles. The van der Waals surface area contributed by atoms with E-state index < -0.39 is 6.04 Å². The van der Waals surface area contributed by atoms with Gasteiger partial charge in [0.25, 0.3) is 0 Å². The minimum absolute atomic E-state index is 0.182. The van der Waals surface area contributed by atoms with Crippen LogP contribution in [-0.2, 0) is 4.79 Å². The molecule has 0 aliphatic heterocycles. The number of hydrogen-bond acceptors (Lipinski definition) is 4. The number of ether oxygens (including phenoxy) is 2. The van der Waals surface area contributed by atoms with E-state index in [4.69, 9.17) is 21.1 Å². The van der Waals surface area contributed by atoms with Gasteiger partial charge in [-0.05, 0) is 50.1 Å². The Morgan fingerprint density at radius 2 is 1.72 bits per heavy atom. The van der Waals surface area contributed by atoms with Crippen molar-refractivity contribution in [3.8, 4) is 11.5 Å². The standard InChI is InChI=1S/C19H23ClN2O3/c1-11-6-7-17(24-4)15(8-11)22-19(23)13(3)21-16-9-12(2)14(20)10-18(16)25-5/h6-10,13,21H,1-5H3,(H,22,23). The largest absolute Gasteiger partial charge is 0.495 e. The van der Waals surface area contributed by atoms with Crippen LogP contribution in [0.1, 0.15) is 18.1 Å².